The van der Waals surface area contributed by atoms with Gasteiger partial charge in [0, 0.05) is 33.9 Å². The number of para-hydroxylation sites is 1. The molecule has 0 fully saturated rings. The third kappa shape index (κ3) is 4.51. The lowest BCUT2D eigenvalue weighted by Gasteiger charge is -2.14. The Morgan fingerprint density at radius 1 is 0.975 bits per heavy atom. The minimum Gasteiger partial charge on any atom is -0.497 e. The lowest BCUT2D eigenvalue weighted by molar-refractivity contribution is 0.102. The number of methoxy groups -OCH3 is 1. The Kier molecular flexibility index (Phi) is 5.99. The van der Waals surface area contributed by atoms with E-state index in [2.05, 4.69) is 41.3 Å². The first-order valence-corrected chi connectivity index (χ1v) is 12.9. The number of imidazole rings is 1. The maximum atomic E-state index is 13.3. The van der Waals surface area contributed by atoms with Gasteiger partial charge in [0.15, 0.2) is 11.6 Å². The molecule has 0 bridgehead atoms. The number of pyridine rings is 1. The molecule has 0 aliphatic carbocycles. The quantitative estimate of drug-likeness (QED) is 0.259. The van der Waals surface area contributed by atoms with Gasteiger partial charge in [-0.2, -0.15) is 5.10 Å². The molecule has 6 rings (SSSR count). The van der Waals surface area contributed by atoms with Crippen molar-refractivity contribution in [2.75, 3.05) is 12.4 Å². The van der Waals surface area contributed by atoms with Crippen molar-refractivity contribution in [3.63, 3.8) is 0 Å². The zero-order valence-electron chi connectivity index (χ0n) is 22.6. The average Bonchev–Trinajstić information content (AvgIpc) is 3.58. The number of H-pyrrole nitrogens is 2. The Morgan fingerprint density at radius 3 is 2.48 bits per heavy atom. The molecule has 3 N–H and O–H groups in total. The fourth-order valence-corrected chi connectivity index (χ4v) is 4.64. The lowest BCUT2D eigenvalue weighted by Crippen LogP contribution is -2.12. The first kappa shape index (κ1) is 25.1. The maximum Gasteiger partial charge on any atom is 0.259 e. The highest BCUT2D eigenvalue weighted by molar-refractivity contribution is 6.06. The lowest BCUT2D eigenvalue weighted by atomic mass is 9.92. The SMILES string of the molecule is COc1ccc(NC(=O)c2ccc3c(c2)nc(-c2cc4ccccc4[nH]c2=O)n3-c2cc(C(C)(C)C)[nH]n2)cc1. The molecule has 40 heavy (non-hydrogen) atoms. The summed E-state index contributed by atoms with van der Waals surface area (Å²) in [5.41, 5.74) is 4.02. The summed E-state index contributed by atoms with van der Waals surface area (Å²) in [7, 11) is 1.59. The van der Waals surface area contributed by atoms with Crippen LogP contribution in [0.2, 0.25) is 0 Å². The number of ether oxygens (including phenoxy) is 1. The summed E-state index contributed by atoms with van der Waals surface area (Å²) >= 11 is 0. The van der Waals surface area contributed by atoms with Gasteiger partial charge in [-0.05, 0) is 60.0 Å². The van der Waals surface area contributed by atoms with E-state index >= 15 is 0 Å². The van der Waals surface area contributed by atoms with Gasteiger partial charge in [0.25, 0.3) is 11.5 Å². The predicted molar refractivity (Wildman–Crippen MR) is 156 cm³/mol. The normalized spacial score (nSPS) is 11.7. The molecule has 0 radical (unpaired) electrons. The highest BCUT2D eigenvalue weighted by Crippen LogP contribution is 2.30. The monoisotopic (exact) mass is 532 g/mol. The van der Waals surface area contributed by atoms with E-state index in [0.717, 1.165) is 22.1 Å². The zero-order chi connectivity index (χ0) is 28.0. The summed E-state index contributed by atoms with van der Waals surface area (Å²) in [6.07, 6.45) is 0. The third-order valence-electron chi connectivity index (χ3n) is 6.86. The van der Waals surface area contributed by atoms with Crippen LogP contribution >= 0.6 is 0 Å². The minimum absolute atomic E-state index is 0.158. The molecule has 0 spiro atoms. The number of carbonyl (C=O) groups is 1. The van der Waals surface area contributed by atoms with Gasteiger partial charge in [-0.25, -0.2) is 4.98 Å². The summed E-state index contributed by atoms with van der Waals surface area (Å²) in [6.45, 7) is 6.29. The molecule has 0 atom stereocenters. The molecule has 9 heteroatoms. The molecule has 200 valence electrons. The van der Waals surface area contributed by atoms with Crippen LogP contribution in [0.3, 0.4) is 0 Å². The summed E-state index contributed by atoms with van der Waals surface area (Å²) in [5.74, 6) is 1.46. The molecule has 0 unspecified atom stereocenters. The van der Waals surface area contributed by atoms with Gasteiger partial charge >= 0.3 is 0 Å². The van der Waals surface area contributed by atoms with E-state index in [0.29, 0.717) is 39.7 Å². The smallest absolute Gasteiger partial charge is 0.259 e. The second-order valence-electron chi connectivity index (χ2n) is 10.6. The second-order valence-corrected chi connectivity index (χ2v) is 10.6. The van der Waals surface area contributed by atoms with Crippen molar-refractivity contribution in [3.8, 4) is 23.0 Å². The van der Waals surface area contributed by atoms with E-state index in [1.165, 1.54) is 0 Å². The Balaban J connectivity index is 1.49. The number of aromatic amines is 2. The van der Waals surface area contributed by atoms with Gasteiger partial charge in [0.1, 0.15) is 5.75 Å². The number of carbonyl (C=O) groups excluding carboxylic acids is 1. The van der Waals surface area contributed by atoms with Crippen LogP contribution in [0.5, 0.6) is 5.75 Å². The number of nitrogens with zero attached hydrogens (tertiary/aromatic N) is 3. The molecular weight excluding hydrogens is 504 g/mol. The van der Waals surface area contributed by atoms with Crippen molar-refractivity contribution in [1.82, 2.24) is 24.7 Å². The van der Waals surface area contributed by atoms with Crippen molar-refractivity contribution >= 4 is 33.5 Å². The molecular formula is C31H28N6O3. The van der Waals surface area contributed by atoms with E-state index in [9.17, 15) is 9.59 Å². The van der Waals surface area contributed by atoms with Crippen LogP contribution in [-0.2, 0) is 5.41 Å². The van der Waals surface area contributed by atoms with Gasteiger partial charge in [0.2, 0.25) is 0 Å². The maximum absolute atomic E-state index is 13.3. The topological polar surface area (TPSA) is 118 Å². The Labute approximate surface area is 229 Å². The van der Waals surface area contributed by atoms with E-state index in [4.69, 9.17) is 9.72 Å². The molecule has 6 aromatic rings. The van der Waals surface area contributed by atoms with Gasteiger partial charge in [-0.1, -0.05) is 39.0 Å². The fourth-order valence-electron chi connectivity index (χ4n) is 4.64. The number of rotatable bonds is 5. The van der Waals surface area contributed by atoms with Crippen LogP contribution in [-0.4, -0.2) is 37.7 Å². The van der Waals surface area contributed by atoms with E-state index in [1.54, 1.807) is 43.5 Å². The first-order valence-electron chi connectivity index (χ1n) is 12.9. The summed E-state index contributed by atoms with van der Waals surface area (Å²) < 4.78 is 7.04. The van der Waals surface area contributed by atoms with Gasteiger partial charge in [-0.3, -0.25) is 19.3 Å². The molecule has 0 saturated carbocycles. The van der Waals surface area contributed by atoms with Crippen LogP contribution in [0.4, 0.5) is 5.69 Å². The summed E-state index contributed by atoms with van der Waals surface area (Å²) in [5, 5.41) is 11.5. The summed E-state index contributed by atoms with van der Waals surface area (Å²) in [4.78, 5) is 34.2. The van der Waals surface area contributed by atoms with Crippen LogP contribution < -0.4 is 15.6 Å². The number of amides is 1. The number of nitrogens with one attached hydrogen (secondary N) is 3. The molecule has 0 saturated heterocycles. The number of aromatic nitrogens is 5. The number of anilines is 1. The molecule has 3 aromatic carbocycles. The number of benzene rings is 3. The van der Waals surface area contributed by atoms with Gasteiger partial charge in [-0.15, -0.1) is 0 Å². The number of hydrogen-bond donors (Lipinski definition) is 3. The van der Waals surface area contributed by atoms with Crippen molar-refractivity contribution in [1.29, 1.82) is 0 Å². The molecule has 1 amide bonds. The number of fused-ring (bicyclic) bond motifs is 2. The molecule has 3 aromatic heterocycles. The number of hydrogen-bond acceptors (Lipinski definition) is 5. The highest BCUT2D eigenvalue weighted by atomic mass is 16.5. The van der Waals surface area contributed by atoms with E-state index in [-0.39, 0.29) is 16.9 Å². The standard InChI is InChI=1S/C31H28N6O3/c1-31(2,3)26-17-27(36-35-26)37-25-14-9-19(29(38)32-20-10-12-21(40-4)13-11-20)16-24(25)33-28(37)22-15-18-7-5-6-8-23(18)34-30(22)39/h5-17H,1-4H3,(H,32,38)(H,34,39)(H,35,36). The second kappa shape index (κ2) is 9.53. The first-order chi connectivity index (χ1) is 19.2. The Morgan fingerprint density at radius 2 is 1.75 bits per heavy atom. The van der Waals surface area contributed by atoms with Gasteiger partial charge in [0.05, 0.1) is 23.7 Å². The van der Waals surface area contributed by atoms with Crippen molar-refractivity contribution < 1.29 is 9.53 Å². The minimum atomic E-state index is -0.276. The van der Waals surface area contributed by atoms with Crippen LogP contribution in [0.1, 0.15) is 36.8 Å². The largest absolute Gasteiger partial charge is 0.497 e. The van der Waals surface area contributed by atoms with Crippen LogP contribution in [0, 0.1) is 0 Å². The molecule has 3 heterocycles. The fraction of sp³-hybridized carbons (Fsp3) is 0.161. The van der Waals surface area contributed by atoms with Gasteiger partial charge < -0.3 is 15.0 Å². The molecule has 9 nitrogen and oxygen atoms in total. The average molecular weight is 533 g/mol. The van der Waals surface area contributed by atoms with Crippen LogP contribution in [0.15, 0.2) is 83.7 Å². The van der Waals surface area contributed by atoms with E-state index < -0.39 is 0 Å². The van der Waals surface area contributed by atoms with Crippen molar-refractivity contribution in [3.05, 3.63) is 100 Å². The highest BCUT2D eigenvalue weighted by Gasteiger charge is 2.23. The molecule has 0 aliphatic rings. The van der Waals surface area contributed by atoms with Crippen molar-refractivity contribution in [2.24, 2.45) is 0 Å². The predicted octanol–water partition coefficient (Wildman–Crippen LogP) is 5.82. The third-order valence-corrected chi connectivity index (χ3v) is 6.86. The zero-order valence-corrected chi connectivity index (χ0v) is 22.6. The van der Waals surface area contributed by atoms with Crippen LogP contribution in [0.25, 0.3) is 39.1 Å². The van der Waals surface area contributed by atoms with E-state index in [1.807, 2.05) is 47.0 Å². The summed E-state index contributed by atoms with van der Waals surface area (Å²) in [6, 6.07) is 23.8. The Hall–Kier alpha value is -5.18. The molecule has 0 aliphatic heterocycles. The Bertz CT molecular complexity index is 1940. The van der Waals surface area contributed by atoms with Crippen molar-refractivity contribution in [2.45, 2.75) is 26.2 Å².